The Bertz CT molecular complexity index is 974. The summed E-state index contributed by atoms with van der Waals surface area (Å²) in [7, 11) is 0. The SMILES string of the molecule is Cc1ccc2c(cc(-c3nc(Cl)ccc3O)n2C(=O)OC(C)(C)C)n1. The summed E-state index contributed by atoms with van der Waals surface area (Å²) >= 11 is 5.97. The first-order valence-corrected chi connectivity index (χ1v) is 8.12. The van der Waals surface area contributed by atoms with Gasteiger partial charge >= 0.3 is 6.09 Å². The highest BCUT2D eigenvalue weighted by molar-refractivity contribution is 6.29. The lowest BCUT2D eigenvalue weighted by atomic mass is 10.2. The monoisotopic (exact) mass is 359 g/mol. The molecule has 130 valence electrons. The normalized spacial score (nSPS) is 11.7. The number of rotatable bonds is 1. The van der Waals surface area contributed by atoms with Crippen LogP contribution in [0.2, 0.25) is 5.15 Å². The molecule has 6 nitrogen and oxygen atoms in total. The largest absolute Gasteiger partial charge is 0.506 e. The van der Waals surface area contributed by atoms with Gasteiger partial charge < -0.3 is 9.84 Å². The molecule has 3 rings (SSSR count). The van der Waals surface area contributed by atoms with Gasteiger partial charge in [0.1, 0.15) is 22.2 Å². The van der Waals surface area contributed by atoms with Gasteiger partial charge in [-0.05, 0) is 58.0 Å². The number of pyridine rings is 2. The molecule has 0 unspecified atom stereocenters. The zero-order valence-electron chi connectivity index (χ0n) is 14.4. The molecule has 0 saturated carbocycles. The van der Waals surface area contributed by atoms with Gasteiger partial charge in [0.05, 0.1) is 16.7 Å². The molecule has 0 bridgehead atoms. The summed E-state index contributed by atoms with van der Waals surface area (Å²) in [6.45, 7) is 7.22. The van der Waals surface area contributed by atoms with E-state index >= 15 is 0 Å². The average Bonchev–Trinajstić information content (AvgIpc) is 2.86. The number of ether oxygens (including phenoxy) is 1. The molecule has 0 aliphatic carbocycles. The van der Waals surface area contributed by atoms with Gasteiger partial charge in [-0.15, -0.1) is 0 Å². The molecule has 0 saturated heterocycles. The van der Waals surface area contributed by atoms with Crippen molar-refractivity contribution in [3.05, 3.63) is 41.2 Å². The second-order valence-electron chi connectivity index (χ2n) is 6.70. The zero-order chi connectivity index (χ0) is 18.4. The predicted molar refractivity (Wildman–Crippen MR) is 96.0 cm³/mol. The Morgan fingerprint density at radius 2 is 1.92 bits per heavy atom. The van der Waals surface area contributed by atoms with Gasteiger partial charge in [0, 0.05) is 5.69 Å². The van der Waals surface area contributed by atoms with Gasteiger partial charge in [-0.25, -0.2) is 14.3 Å². The highest BCUT2D eigenvalue weighted by Crippen LogP contribution is 2.33. The topological polar surface area (TPSA) is 77.2 Å². The summed E-state index contributed by atoms with van der Waals surface area (Å²) in [5, 5.41) is 10.4. The summed E-state index contributed by atoms with van der Waals surface area (Å²) in [5.74, 6) is -0.0891. The number of aryl methyl sites for hydroxylation is 1. The second-order valence-corrected chi connectivity index (χ2v) is 7.09. The lowest BCUT2D eigenvalue weighted by Gasteiger charge is -2.21. The van der Waals surface area contributed by atoms with E-state index in [9.17, 15) is 9.90 Å². The molecular formula is C18H18ClN3O3. The minimum Gasteiger partial charge on any atom is -0.506 e. The fraction of sp³-hybridized carbons (Fsp3) is 0.278. The number of hydrogen-bond donors (Lipinski definition) is 1. The van der Waals surface area contributed by atoms with Crippen LogP contribution in [-0.4, -0.2) is 31.3 Å². The third-order valence-electron chi connectivity index (χ3n) is 3.46. The minimum absolute atomic E-state index is 0.0891. The molecule has 3 aromatic rings. The maximum absolute atomic E-state index is 12.8. The van der Waals surface area contributed by atoms with Crippen LogP contribution in [-0.2, 0) is 4.74 Å². The molecule has 0 amide bonds. The van der Waals surface area contributed by atoms with E-state index in [-0.39, 0.29) is 16.6 Å². The first-order chi connectivity index (χ1) is 11.7. The molecule has 3 aromatic heterocycles. The summed E-state index contributed by atoms with van der Waals surface area (Å²) < 4.78 is 6.86. The fourth-order valence-corrected chi connectivity index (χ4v) is 2.63. The molecule has 7 heteroatoms. The molecule has 0 aliphatic rings. The smallest absolute Gasteiger partial charge is 0.419 e. The Kier molecular flexibility index (Phi) is 4.16. The van der Waals surface area contributed by atoms with E-state index in [1.807, 2.05) is 6.92 Å². The first-order valence-electron chi connectivity index (χ1n) is 7.74. The number of hydrogen-bond acceptors (Lipinski definition) is 5. The molecule has 0 radical (unpaired) electrons. The lowest BCUT2D eigenvalue weighted by Crippen LogP contribution is -2.27. The number of fused-ring (bicyclic) bond motifs is 1. The van der Waals surface area contributed by atoms with Gasteiger partial charge in [-0.1, -0.05) is 11.6 Å². The van der Waals surface area contributed by atoms with Gasteiger partial charge in [0.2, 0.25) is 0 Å². The Balaban J connectivity index is 2.29. The van der Waals surface area contributed by atoms with Crippen LogP contribution in [0.4, 0.5) is 4.79 Å². The van der Waals surface area contributed by atoms with Crippen LogP contribution < -0.4 is 0 Å². The molecular weight excluding hydrogens is 342 g/mol. The third-order valence-corrected chi connectivity index (χ3v) is 3.67. The van der Waals surface area contributed by atoms with Crippen LogP contribution in [0.5, 0.6) is 5.75 Å². The van der Waals surface area contributed by atoms with Crippen molar-refractivity contribution in [1.82, 2.24) is 14.5 Å². The van der Waals surface area contributed by atoms with E-state index in [0.29, 0.717) is 16.7 Å². The molecule has 0 atom stereocenters. The maximum atomic E-state index is 12.8. The molecule has 0 spiro atoms. The number of halogens is 1. The van der Waals surface area contributed by atoms with Gasteiger partial charge in [-0.3, -0.25) is 4.98 Å². The van der Waals surface area contributed by atoms with Crippen molar-refractivity contribution in [3.63, 3.8) is 0 Å². The molecule has 0 aromatic carbocycles. The van der Waals surface area contributed by atoms with Crippen LogP contribution in [0.3, 0.4) is 0 Å². The number of carbonyl (C=O) groups is 1. The van der Waals surface area contributed by atoms with Crippen molar-refractivity contribution >= 4 is 28.7 Å². The van der Waals surface area contributed by atoms with E-state index in [0.717, 1.165) is 5.69 Å². The van der Waals surface area contributed by atoms with Crippen LogP contribution >= 0.6 is 11.6 Å². The van der Waals surface area contributed by atoms with Crippen molar-refractivity contribution in [2.45, 2.75) is 33.3 Å². The number of carbonyl (C=O) groups excluding carboxylic acids is 1. The summed E-state index contributed by atoms with van der Waals surface area (Å²) in [6, 6.07) is 8.18. The lowest BCUT2D eigenvalue weighted by molar-refractivity contribution is 0.0547. The van der Waals surface area contributed by atoms with E-state index < -0.39 is 11.7 Å². The quantitative estimate of drug-likeness (QED) is 0.645. The average molecular weight is 360 g/mol. The first kappa shape index (κ1) is 17.2. The van der Waals surface area contributed by atoms with E-state index in [4.69, 9.17) is 16.3 Å². The highest BCUT2D eigenvalue weighted by atomic mass is 35.5. The van der Waals surface area contributed by atoms with Gasteiger partial charge in [-0.2, -0.15) is 0 Å². The Hall–Kier alpha value is -2.60. The van der Waals surface area contributed by atoms with Crippen molar-refractivity contribution in [1.29, 1.82) is 0 Å². The van der Waals surface area contributed by atoms with Crippen molar-refractivity contribution in [2.24, 2.45) is 0 Å². The number of nitrogens with zero attached hydrogens (tertiary/aromatic N) is 3. The van der Waals surface area contributed by atoms with Gasteiger partial charge in [0.25, 0.3) is 0 Å². The Morgan fingerprint density at radius 1 is 1.20 bits per heavy atom. The third kappa shape index (κ3) is 3.44. The van der Waals surface area contributed by atoms with Crippen LogP contribution in [0.15, 0.2) is 30.3 Å². The highest BCUT2D eigenvalue weighted by Gasteiger charge is 2.25. The second kappa shape index (κ2) is 6.04. The predicted octanol–water partition coefficient (Wildman–Crippen LogP) is 4.55. The number of aromatic nitrogens is 3. The zero-order valence-corrected chi connectivity index (χ0v) is 15.1. The van der Waals surface area contributed by atoms with Crippen molar-refractivity contribution < 1.29 is 14.6 Å². The molecule has 3 heterocycles. The summed E-state index contributed by atoms with van der Waals surface area (Å²) in [5.41, 5.74) is 1.85. The summed E-state index contributed by atoms with van der Waals surface area (Å²) in [6.07, 6.45) is -0.579. The Labute approximate surface area is 150 Å². The van der Waals surface area contributed by atoms with Gasteiger partial charge in [0.15, 0.2) is 0 Å². The molecule has 25 heavy (non-hydrogen) atoms. The molecule has 1 N–H and O–H groups in total. The van der Waals surface area contributed by atoms with Crippen LogP contribution in [0, 0.1) is 6.92 Å². The van der Waals surface area contributed by atoms with Crippen molar-refractivity contribution in [2.75, 3.05) is 0 Å². The number of aromatic hydroxyl groups is 1. The van der Waals surface area contributed by atoms with E-state index in [1.165, 1.54) is 16.7 Å². The summed E-state index contributed by atoms with van der Waals surface area (Å²) in [4.78, 5) is 21.4. The van der Waals surface area contributed by atoms with Crippen LogP contribution in [0.25, 0.3) is 22.4 Å². The Morgan fingerprint density at radius 3 is 2.60 bits per heavy atom. The standard InChI is InChI=1S/C18H18ClN3O3/c1-10-5-6-12-11(20-10)9-13(16-14(23)7-8-15(19)21-16)22(12)17(24)25-18(2,3)4/h5-9,23H,1-4H3. The minimum atomic E-state index is -0.674. The van der Waals surface area contributed by atoms with Crippen LogP contribution in [0.1, 0.15) is 26.5 Å². The van der Waals surface area contributed by atoms with E-state index in [1.54, 1.807) is 39.0 Å². The maximum Gasteiger partial charge on any atom is 0.419 e. The van der Waals surface area contributed by atoms with E-state index in [2.05, 4.69) is 9.97 Å². The van der Waals surface area contributed by atoms with Crippen molar-refractivity contribution in [3.8, 4) is 17.1 Å². The molecule has 0 fully saturated rings. The molecule has 0 aliphatic heterocycles. The fourth-order valence-electron chi connectivity index (χ4n) is 2.48.